The predicted octanol–water partition coefficient (Wildman–Crippen LogP) is 5.74. The van der Waals surface area contributed by atoms with Crippen molar-refractivity contribution in [1.82, 2.24) is 0 Å². The van der Waals surface area contributed by atoms with Gasteiger partial charge < -0.3 is 5.32 Å². The smallest absolute Gasteiger partial charge is 0.0348 e. The molecule has 1 saturated carbocycles. The Morgan fingerprint density at radius 1 is 0.842 bits per heavy atom. The number of hydrogen-bond donors (Lipinski definition) is 1. The van der Waals surface area contributed by atoms with Crippen molar-refractivity contribution in [3.05, 3.63) is 40.9 Å². The summed E-state index contributed by atoms with van der Waals surface area (Å²) in [6, 6.07) is 13.8. The second-order valence-electron chi connectivity index (χ2n) is 5.54. The largest absolute Gasteiger partial charge is 0.382 e. The average Bonchev–Trinajstić information content (AvgIpc) is 2.68. The lowest BCUT2D eigenvalue weighted by atomic mass is 10.1. The van der Waals surface area contributed by atoms with Gasteiger partial charge in [-0.05, 0) is 47.9 Å². The summed E-state index contributed by atoms with van der Waals surface area (Å²) in [5.74, 6) is 0. The highest BCUT2D eigenvalue weighted by molar-refractivity contribution is 9.10. The third-order valence-corrected chi connectivity index (χ3v) is 4.52. The van der Waals surface area contributed by atoms with E-state index in [9.17, 15) is 0 Å². The molecule has 100 valence electrons. The van der Waals surface area contributed by atoms with Crippen LogP contribution in [-0.2, 0) is 0 Å². The van der Waals surface area contributed by atoms with Gasteiger partial charge in [-0.25, -0.2) is 0 Å². The Hall–Kier alpha value is -1.02. The molecule has 0 aliphatic heterocycles. The quantitative estimate of drug-likeness (QED) is 0.697. The Labute approximate surface area is 123 Å². The van der Waals surface area contributed by atoms with Crippen molar-refractivity contribution in [2.24, 2.45) is 0 Å². The second kappa shape index (κ2) is 5.96. The molecule has 0 unspecified atom stereocenters. The van der Waals surface area contributed by atoms with E-state index in [0.29, 0.717) is 6.04 Å². The Morgan fingerprint density at radius 3 is 2.32 bits per heavy atom. The lowest BCUT2D eigenvalue weighted by Crippen LogP contribution is -2.18. The summed E-state index contributed by atoms with van der Waals surface area (Å²) in [6.45, 7) is 0. The van der Waals surface area contributed by atoms with Crippen LogP contribution in [0.2, 0.25) is 0 Å². The van der Waals surface area contributed by atoms with Crippen molar-refractivity contribution in [3.8, 4) is 0 Å². The predicted molar refractivity (Wildman–Crippen MR) is 86.8 cm³/mol. The van der Waals surface area contributed by atoms with E-state index in [0.717, 1.165) is 4.47 Å². The Kier molecular flexibility index (Phi) is 4.07. The van der Waals surface area contributed by atoms with Gasteiger partial charge in [-0.3, -0.25) is 0 Å². The summed E-state index contributed by atoms with van der Waals surface area (Å²) in [6.07, 6.45) is 8.20. The summed E-state index contributed by atoms with van der Waals surface area (Å²) < 4.78 is 1.14. The van der Waals surface area contributed by atoms with Crippen molar-refractivity contribution in [1.29, 1.82) is 0 Å². The van der Waals surface area contributed by atoms with Gasteiger partial charge in [0.1, 0.15) is 0 Å². The Morgan fingerprint density at radius 2 is 1.53 bits per heavy atom. The number of benzene rings is 2. The minimum Gasteiger partial charge on any atom is -0.382 e. The normalized spacial score (nSPS) is 17.3. The molecule has 1 nitrogen and oxygen atoms in total. The molecule has 0 spiro atoms. The van der Waals surface area contributed by atoms with Gasteiger partial charge >= 0.3 is 0 Å². The number of hydrogen-bond acceptors (Lipinski definition) is 1. The van der Waals surface area contributed by atoms with Gasteiger partial charge in [-0.1, -0.05) is 53.7 Å². The monoisotopic (exact) mass is 317 g/mol. The molecule has 0 aromatic heterocycles. The molecule has 1 fully saturated rings. The van der Waals surface area contributed by atoms with E-state index in [2.05, 4.69) is 57.6 Å². The summed E-state index contributed by atoms with van der Waals surface area (Å²) in [5, 5.41) is 6.32. The van der Waals surface area contributed by atoms with Crippen molar-refractivity contribution < 1.29 is 0 Å². The van der Waals surface area contributed by atoms with Crippen LogP contribution in [-0.4, -0.2) is 6.04 Å². The lowest BCUT2D eigenvalue weighted by Gasteiger charge is -2.18. The van der Waals surface area contributed by atoms with E-state index >= 15 is 0 Å². The molecule has 2 aromatic carbocycles. The highest BCUT2D eigenvalue weighted by Crippen LogP contribution is 2.25. The minimum absolute atomic E-state index is 0.662. The van der Waals surface area contributed by atoms with E-state index in [4.69, 9.17) is 0 Å². The van der Waals surface area contributed by atoms with Gasteiger partial charge in [-0.2, -0.15) is 0 Å². The molecule has 1 aliphatic carbocycles. The van der Waals surface area contributed by atoms with E-state index in [1.54, 1.807) is 0 Å². The van der Waals surface area contributed by atoms with Crippen molar-refractivity contribution in [2.45, 2.75) is 44.6 Å². The molecular formula is C17H20BrN. The summed E-state index contributed by atoms with van der Waals surface area (Å²) in [5.41, 5.74) is 1.27. The third-order valence-electron chi connectivity index (χ3n) is 4.03. The fourth-order valence-electron chi connectivity index (χ4n) is 2.97. The van der Waals surface area contributed by atoms with Crippen LogP contribution in [0.25, 0.3) is 10.8 Å². The number of rotatable bonds is 2. The van der Waals surface area contributed by atoms with Gasteiger partial charge in [0, 0.05) is 16.2 Å². The standard InChI is InChI=1S/C17H20BrN/c18-15-9-7-14-12-17(10-8-13(14)11-15)19-16-5-3-1-2-4-6-16/h7-12,16,19H,1-6H2. The zero-order valence-electron chi connectivity index (χ0n) is 11.2. The molecule has 0 bridgehead atoms. The summed E-state index contributed by atoms with van der Waals surface area (Å²) in [4.78, 5) is 0. The maximum atomic E-state index is 3.72. The molecule has 0 atom stereocenters. The Balaban J connectivity index is 1.78. The third kappa shape index (κ3) is 3.30. The molecule has 3 rings (SSSR count). The lowest BCUT2D eigenvalue weighted by molar-refractivity contribution is 0.620. The van der Waals surface area contributed by atoms with Gasteiger partial charge in [0.25, 0.3) is 0 Å². The van der Waals surface area contributed by atoms with Crippen LogP contribution in [0.4, 0.5) is 5.69 Å². The molecule has 0 radical (unpaired) electrons. The molecular weight excluding hydrogens is 298 g/mol. The SMILES string of the molecule is Brc1ccc2cc(NC3CCCCCC3)ccc2c1. The van der Waals surface area contributed by atoms with Gasteiger partial charge in [0.2, 0.25) is 0 Å². The number of fused-ring (bicyclic) bond motifs is 1. The van der Waals surface area contributed by atoms with E-state index in [-0.39, 0.29) is 0 Å². The molecule has 1 N–H and O–H groups in total. The molecule has 2 heteroatoms. The highest BCUT2D eigenvalue weighted by Gasteiger charge is 2.11. The first-order chi connectivity index (χ1) is 9.31. The molecule has 19 heavy (non-hydrogen) atoms. The van der Waals surface area contributed by atoms with E-state index < -0.39 is 0 Å². The molecule has 0 amide bonds. The van der Waals surface area contributed by atoms with Crippen LogP contribution >= 0.6 is 15.9 Å². The average molecular weight is 318 g/mol. The number of halogens is 1. The topological polar surface area (TPSA) is 12.0 Å². The van der Waals surface area contributed by atoms with Crippen molar-refractivity contribution in [2.75, 3.05) is 5.32 Å². The van der Waals surface area contributed by atoms with Gasteiger partial charge in [-0.15, -0.1) is 0 Å². The summed E-state index contributed by atoms with van der Waals surface area (Å²) >= 11 is 3.52. The first kappa shape index (κ1) is 13.0. The number of nitrogens with one attached hydrogen (secondary N) is 1. The molecule has 2 aromatic rings. The summed E-state index contributed by atoms with van der Waals surface area (Å²) in [7, 11) is 0. The molecule has 0 heterocycles. The first-order valence-corrected chi connectivity index (χ1v) is 8.06. The van der Waals surface area contributed by atoms with Crippen molar-refractivity contribution >= 4 is 32.4 Å². The van der Waals surface area contributed by atoms with Crippen LogP contribution in [0.1, 0.15) is 38.5 Å². The fraction of sp³-hybridized carbons (Fsp3) is 0.412. The van der Waals surface area contributed by atoms with Crippen molar-refractivity contribution in [3.63, 3.8) is 0 Å². The first-order valence-electron chi connectivity index (χ1n) is 7.27. The zero-order valence-corrected chi connectivity index (χ0v) is 12.7. The molecule has 0 saturated heterocycles. The zero-order chi connectivity index (χ0) is 13.1. The number of anilines is 1. The van der Waals surface area contributed by atoms with E-state index in [1.807, 2.05) is 0 Å². The maximum Gasteiger partial charge on any atom is 0.0348 e. The fourth-order valence-corrected chi connectivity index (χ4v) is 3.34. The maximum absolute atomic E-state index is 3.72. The second-order valence-corrected chi connectivity index (χ2v) is 6.45. The van der Waals surface area contributed by atoms with Crippen LogP contribution in [0, 0.1) is 0 Å². The van der Waals surface area contributed by atoms with Gasteiger partial charge in [0.15, 0.2) is 0 Å². The van der Waals surface area contributed by atoms with Gasteiger partial charge in [0.05, 0.1) is 0 Å². The minimum atomic E-state index is 0.662. The van der Waals surface area contributed by atoms with Crippen LogP contribution < -0.4 is 5.32 Å². The van der Waals surface area contributed by atoms with E-state index in [1.165, 1.54) is 55.0 Å². The van der Waals surface area contributed by atoms with Crippen LogP contribution in [0.5, 0.6) is 0 Å². The molecule has 1 aliphatic rings. The Bertz CT molecular complexity index is 556. The van der Waals surface area contributed by atoms with Crippen LogP contribution in [0.15, 0.2) is 40.9 Å². The van der Waals surface area contributed by atoms with Crippen LogP contribution in [0.3, 0.4) is 0 Å². The highest BCUT2D eigenvalue weighted by atomic mass is 79.9.